The van der Waals surface area contributed by atoms with E-state index >= 15 is 0 Å². The Labute approximate surface area is 133 Å². The third-order valence-corrected chi connectivity index (χ3v) is 6.17. The van der Waals surface area contributed by atoms with Crippen LogP contribution in [0.15, 0.2) is 0 Å². The molecule has 0 heterocycles. The molecule has 0 aromatic carbocycles. The zero-order valence-electron chi connectivity index (χ0n) is 15.1. The van der Waals surface area contributed by atoms with Crippen LogP contribution in [-0.4, -0.2) is 36.6 Å². The lowest BCUT2D eigenvalue weighted by molar-refractivity contribution is 0.0243. The second-order valence-electron chi connectivity index (χ2n) is 8.47. The number of hydrogen-bond donors (Lipinski definition) is 1. The molecule has 0 radical (unpaired) electrons. The van der Waals surface area contributed by atoms with Crippen LogP contribution in [0.5, 0.6) is 0 Å². The Bertz CT molecular complexity index is 313. The van der Waals surface area contributed by atoms with Gasteiger partial charge in [0.05, 0.1) is 0 Å². The molecule has 2 aliphatic rings. The maximum atomic E-state index is 3.90. The van der Waals surface area contributed by atoms with Crippen LogP contribution in [0, 0.1) is 11.3 Å². The monoisotopic (exact) mass is 294 g/mol. The van der Waals surface area contributed by atoms with Crippen molar-refractivity contribution in [3.8, 4) is 0 Å². The highest BCUT2D eigenvalue weighted by atomic mass is 15.2. The molecule has 0 aliphatic heterocycles. The van der Waals surface area contributed by atoms with Crippen molar-refractivity contribution in [2.24, 2.45) is 11.3 Å². The Kier molecular flexibility index (Phi) is 6.14. The quantitative estimate of drug-likeness (QED) is 0.806. The SMILES string of the molecule is CCCNC1C(N(C)C2CCCC(C)C2)CCCC1(C)C. The summed E-state index contributed by atoms with van der Waals surface area (Å²) in [5.41, 5.74) is 0.437. The van der Waals surface area contributed by atoms with Gasteiger partial charge >= 0.3 is 0 Å². The van der Waals surface area contributed by atoms with Gasteiger partial charge in [0.2, 0.25) is 0 Å². The second kappa shape index (κ2) is 7.46. The number of rotatable bonds is 5. The molecule has 2 heteroatoms. The molecule has 2 aliphatic carbocycles. The van der Waals surface area contributed by atoms with Crippen molar-refractivity contribution in [2.45, 2.75) is 97.2 Å². The van der Waals surface area contributed by atoms with E-state index in [-0.39, 0.29) is 0 Å². The largest absolute Gasteiger partial charge is 0.312 e. The van der Waals surface area contributed by atoms with Crippen molar-refractivity contribution in [1.82, 2.24) is 10.2 Å². The number of nitrogens with zero attached hydrogens (tertiary/aromatic N) is 1. The average molecular weight is 295 g/mol. The Morgan fingerprint density at radius 2 is 1.90 bits per heavy atom. The van der Waals surface area contributed by atoms with Gasteiger partial charge in [0.25, 0.3) is 0 Å². The molecule has 1 N–H and O–H groups in total. The molecule has 0 amide bonds. The summed E-state index contributed by atoms with van der Waals surface area (Å²) in [6, 6.07) is 2.21. The Balaban J connectivity index is 2.06. The number of likely N-dealkylation sites (N-methyl/N-ethyl adjacent to an activating group) is 1. The molecule has 2 saturated carbocycles. The highest BCUT2D eigenvalue weighted by Gasteiger charge is 2.42. The summed E-state index contributed by atoms with van der Waals surface area (Å²) < 4.78 is 0. The van der Waals surface area contributed by atoms with E-state index in [0.717, 1.165) is 18.0 Å². The zero-order valence-corrected chi connectivity index (χ0v) is 15.1. The third kappa shape index (κ3) is 4.22. The molecule has 2 fully saturated rings. The molecule has 21 heavy (non-hydrogen) atoms. The predicted octanol–water partition coefficient (Wildman–Crippen LogP) is 4.44. The predicted molar refractivity (Wildman–Crippen MR) is 92.7 cm³/mol. The van der Waals surface area contributed by atoms with Crippen molar-refractivity contribution >= 4 is 0 Å². The lowest BCUT2D eigenvalue weighted by Gasteiger charge is -2.50. The van der Waals surface area contributed by atoms with Gasteiger partial charge < -0.3 is 5.32 Å². The van der Waals surface area contributed by atoms with Gasteiger partial charge in [-0.3, -0.25) is 4.90 Å². The molecule has 0 aromatic rings. The van der Waals surface area contributed by atoms with Crippen LogP contribution < -0.4 is 5.32 Å². The average Bonchev–Trinajstić information content (AvgIpc) is 2.44. The summed E-state index contributed by atoms with van der Waals surface area (Å²) in [5, 5.41) is 3.90. The summed E-state index contributed by atoms with van der Waals surface area (Å²) in [5.74, 6) is 0.921. The van der Waals surface area contributed by atoms with Gasteiger partial charge in [-0.1, -0.05) is 47.0 Å². The van der Waals surface area contributed by atoms with Crippen molar-refractivity contribution in [3.63, 3.8) is 0 Å². The van der Waals surface area contributed by atoms with E-state index in [1.165, 1.54) is 57.9 Å². The van der Waals surface area contributed by atoms with E-state index < -0.39 is 0 Å². The maximum absolute atomic E-state index is 3.90. The highest BCUT2D eigenvalue weighted by Crippen LogP contribution is 2.39. The van der Waals surface area contributed by atoms with Crippen molar-refractivity contribution in [2.75, 3.05) is 13.6 Å². The molecular weight excluding hydrogens is 256 g/mol. The van der Waals surface area contributed by atoms with Crippen LogP contribution in [0.25, 0.3) is 0 Å². The summed E-state index contributed by atoms with van der Waals surface area (Å²) >= 11 is 0. The Morgan fingerprint density at radius 1 is 1.14 bits per heavy atom. The van der Waals surface area contributed by atoms with Crippen molar-refractivity contribution in [3.05, 3.63) is 0 Å². The molecule has 2 rings (SSSR count). The molecule has 0 bridgehead atoms. The van der Waals surface area contributed by atoms with Crippen LogP contribution in [0.3, 0.4) is 0 Å². The van der Waals surface area contributed by atoms with Gasteiger partial charge in [0.1, 0.15) is 0 Å². The molecule has 124 valence electrons. The fourth-order valence-electron chi connectivity index (χ4n) is 4.80. The molecule has 0 spiro atoms. The molecular formula is C19H38N2. The first kappa shape index (κ1) is 17.3. The minimum Gasteiger partial charge on any atom is -0.312 e. The topological polar surface area (TPSA) is 15.3 Å². The van der Waals surface area contributed by atoms with Gasteiger partial charge in [0, 0.05) is 18.1 Å². The van der Waals surface area contributed by atoms with Gasteiger partial charge in [-0.2, -0.15) is 0 Å². The summed E-state index contributed by atoms with van der Waals surface area (Å²) in [6.07, 6.45) is 11.1. The van der Waals surface area contributed by atoms with E-state index in [4.69, 9.17) is 0 Å². The minimum absolute atomic E-state index is 0.437. The van der Waals surface area contributed by atoms with E-state index in [1.54, 1.807) is 0 Å². The van der Waals surface area contributed by atoms with Crippen LogP contribution in [0.4, 0.5) is 0 Å². The maximum Gasteiger partial charge on any atom is 0.0274 e. The van der Waals surface area contributed by atoms with Crippen LogP contribution >= 0.6 is 0 Å². The van der Waals surface area contributed by atoms with Crippen LogP contribution in [0.1, 0.15) is 79.1 Å². The van der Waals surface area contributed by atoms with E-state index in [9.17, 15) is 0 Å². The Hall–Kier alpha value is -0.0800. The first-order valence-electron chi connectivity index (χ1n) is 9.41. The van der Waals surface area contributed by atoms with E-state index in [0.29, 0.717) is 11.5 Å². The summed E-state index contributed by atoms with van der Waals surface area (Å²) in [6.45, 7) is 10.8. The fourth-order valence-corrected chi connectivity index (χ4v) is 4.80. The van der Waals surface area contributed by atoms with Gasteiger partial charge in [0.15, 0.2) is 0 Å². The first-order valence-corrected chi connectivity index (χ1v) is 9.41. The zero-order chi connectivity index (χ0) is 15.5. The minimum atomic E-state index is 0.437. The second-order valence-corrected chi connectivity index (χ2v) is 8.47. The van der Waals surface area contributed by atoms with Crippen LogP contribution in [-0.2, 0) is 0 Å². The van der Waals surface area contributed by atoms with E-state index in [1.807, 2.05) is 0 Å². The summed E-state index contributed by atoms with van der Waals surface area (Å²) in [7, 11) is 2.41. The van der Waals surface area contributed by atoms with E-state index in [2.05, 4.69) is 45.0 Å². The van der Waals surface area contributed by atoms with Crippen molar-refractivity contribution < 1.29 is 0 Å². The molecule has 2 nitrogen and oxygen atoms in total. The molecule has 0 saturated heterocycles. The lowest BCUT2D eigenvalue weighted by atomic mass is 9.69. The standard InChI is InChI=1S/C19H38N2/c1-6-13-20-18-17(11-8-12-19(18,3)4)21(5)16-10-7-9-15(2)14-16/h15-18,20H,6-14H2,1-5H3. The number of hydrogen-bond acceptors (Lipinski definition) is 2. The third-order valence-electron chi connectivity index (χ3n) is 6.17. The first-order chi connectivity index (χ1) is 9.95. The van der Waals surface area contributed by atoms with Crippen LogP contribution in [0.2, 0.25) is 0 Å². The number of nitrogens with one attached hydrogen (secondary N) is 1. The fraction of sp³-hybridized carbons (Fsp3) is 1.00. The summed E-state index contributed by atoms with van der Waals surface area (Å²) in [4.78, 5) is 2.77. The molecule has 4 atom stereocenters. The van der Waals surface area contributed by atoms with Gasteiger partial charge in [-0.05, 0) is 57.0 Å². The smallest absolute Gasteiger partial charge is 0.0274 e. The van der Waals surface area contributed by atoms with Gasteiger partial charge in [-0.15, -0.1) is 0 Å². The lowest BCUT2D eigenvalue weighted by Crippen LogP contribution is -2.60. The Morgan fingerprint density at radius 3 is 2.57 bits per heavy atom. The normalized spacial score (nSPS) is 36.9. The molecule has 4 unspecified atom stereocenters. The van der Waals surface area contributed by atoms with Gasteiger partial charge in [-0.25, -0.2) is 0 Å². The highest BCUT2D eigenvalue weighted by molar-refractivity contribution is 4.99. The molecule has 0 aromatic heterocycles. The van der Waals surface area contributed by atoms with Crippen molar-refractivity contribution in [1.29, 1.82) is 0 Å².